The van der Waals surface area contributed by atoms with Crippen molar-refractivity contribution < 1.29 is 43.9 Å². The number of hydrogen-bond donors (Lipinski definition) is 0. The van der Waals surface area contributed by atoms with Gasteiger partial charge in [-0.05, 0) is 94.4 Å². The summed E-state index contributed by atoms with van der Waals surface area (Å²) in [5.41, 5.74) is 2.38. The maximum Gasteiger partial charge on any atom is 0.225 e. The van der Waals surface area contributed by atoms with Crippen molar-refractivity contribution in [2.24, 2.45) is 5.92 Å². The predicted molar refractivity (Wildman–Crippen MR) is 164 cm³/mol. The molecule has 0 saturated heterocycles. The van der Waals surface area contributed by atoms with Crippen LogP contribution in [0.25, 0.3) is 0 Å². The minimum absolute atomic E-state index is 0.187. The summed E-state index contributed by atoms with van der Waals surface area (Å²) in [5.74, 6) is -25.2. The number of rotatable bonds is 8. The first-order chi connectivity index (χ1) is 21.4. The van der Waals surface area contributed by atoms with E-state index >= 15 is 17.6 Å². The molecule has 0 aliphatic heterocycles. The lowest BCUT2D eigenvalue weighted by atomic mass is 9.36. The van der Waals surface area contributed by atoms with Crippen LogP contribution >= 0.6 is 7.92 Å². The summed E-state index contributed by atoms with van der Waals surface area (Å²) >= 11 is 0. The third kappa shape index (κ3) is 6.32. The van der Waals surface area contributed by atoms with Crippen molar-refractivity contribution in [1.82, 2.24) is 0 Å². The van der Waals surface area contributed by atoms with Crippen LogP contribution in [0.15, 0.2) is 24.3 Å². The fourth-order valence-corrected chi connectivity index (χ4v) is 9.84. The predicted octanol–water partition coefficient (Wildman–Crippen LogP) is 8.31. The van der Waals surface area contributed by atoms with E-state index in [0.717, 1.165) is 44.0 Å². The van der Waals surface area contributed by atoms with Gasteiger partial charge in [0, 0.05) is 10.9 Å². The van der Waals surface area contributed by atoms with E-state index < -0.39 is 96.0 Å². The number of hydrogen-bond acceptors (Lipinski definition) is 0. The molecule has 244 valence electrons. The minimum Gasteiger partial charge on any atom is -0.204 e. The Labute approximate surface area is 262 Å². The van der Waals surface area contributed by atoms with Crippen LogP contribution in [0, 0.1) is 106 Å². The second-order valence-electron chi connectivity index (χ2n) is 12.0. The molecule has 0 saturated carbocycles. The van der Waals surface area contributed by atoms with Crippen molar-refractivity contribution in [3.8, 4) is 0 Å². The van der Waals surface area contributed by atoms with Crippen molar-refractivity contribution in [2.45, 2.75) is 54.8 Å². The van der Waals surface area contributed by atoms with Gasteiger partial charge in [-0.25, -0.2) is 43.9 Å². The van der Waals surface area contributed by atoms with Crippen LogP contribution < -0.4 is 21.5 Å². The van der Waals surface area contributed by atoms with Crippen molar-refractivity contribution >= 4 is 36.2 Å². The topological polar surface area (TPSA) is 0 Å². The Morgan fingerprint density at radius 1 is 0.478 bits per heavy atom. The SMILES string of the molecule is Cc1cc(C)c(P(CC(C)CB(c2c(F)c(F)c(F)c(F)c2F)c2c(F)c(F)c(F)c(F)c2F)c2c(C)cc(C)cc2C)c(C)c1. The molecule has 0 radical (unpaired) electrons. The molecule has 0 aliphatic carbocycles. The molecular weight excluding hydrogens is 640 g/mol. The van der Waals surface area contributed by atoms with Gasteiger partial charge in [0.1, 0.15) is 0 Å². The average Bonchev–Trinajstić information content (AvgIpc) is 2.96. The lowest BCUT2D eigenvalue weighted by Crippen LogP contribution is -2.51. The fraction of sp³-hybridized carbons (Fsp3) is 0.294. The first-order valence-electron chi connectivity index (χ1n) is 14.3. The fourth-order valence-electron chi connectivity index (χ4n) is 6.51. The second-order valence-corrected chi connectivity index (χ2v) is 14.1. The first kappa shape index (κ1) is 35.5. The summed E-state index contributed by atoms with van der Waals surface area (Å²) in [7, 11) is -1.32. The van der Waals surface area contributed by atoms with Gasteiger partial charge in [0.25, 0.3) is 0 Å². The van der Waals surface area contributed by atoms with Gasteiger partial charge in [-0.15, -0.1) is 0 Å². The van der Waals surface area contributed by atoms with Crippen LogP contribution in [-0.2, 0) is 0 Å². The zero-order chi connectivity index (χ0) is 34.5. The lowest BCUT2D eigenvalue weighted by Gasteiger charge is -2.30. The van der Waals surface area contributed by atoms with E-state index in [0.29, 0.717) is 0 Å². The van der Waals surface area contributed by atoms with Crippen LogP contribution in [0.3, 0.4) is 0 Å². The molecule has 0 aromatic heterocycles. The zero-order valence-electron chi connectivity index (χ0n) is 26.1. The molecule has 0 aliphatic rings. The van der Waals surface area contributed by atoms with E-state index in [1.807, 2.05) is 65.8 Å². The molecule has 0 N–H and O–H groups in total. The smallest absolute Gasteiger partial charge is 0.204 e. The van der Waals surface area contributed by atoms with Crippen LogP contribution in [0.5, 0.6) is 0 Å². The molecule has 1 unspecified atom stereocenters. The summed E-state index contributed by atoms with van der Waals surface area (Å²) < 4.78 is 146. The maximum atomic E-state index is 15.2. The van der Waals surface area contributed by atoms with Crippen LogP contribution in [-0.4, -0.2) is 12.9 Å². The molecule has 4 rings (SSSR count). The Hall–Kier alpha value is -3.33. The highest BCUT2D eigenvalue weighted by atomic mass is 31.1. The monoisotopic (exact) mass is 670 g/mol. The average molecular weight is 670 g/mol. The van der Waals surface area contributed by atoms with Gasteiger partial charge >= 0.3 is 0 Å². The Bertz CT molecular complexity index is 1620. The Balaban J connectivity index is 1.96. The number of benzene rings is 4. The van der Waals surface area contributed by atoms with Gasteiger partial charge in [0.15, 0.2) is 58.2 Å². The third-order valence-corrected chi connectivity index (χ3v) is 11.6. The molecule has 12 heteroatoms. The van der Waals surface area contributed by atoms with E-state index in [9.17, 15) is 26.3 Å². The van der Waals surface area contributed by atoms with Crippen molar-refractivity contribution in [3.05, 3.63) is 116 Å². The van der Waals surface area contributed by atoms with Gasteiger partial charge in [-0.1, -0.05) is 48.6 Å². The zero-order valence-corrected chi connectivity index (χ0v) is 27.0. The van der Waals surface area contributed by atoms with Gasteiger partial charge in [0.2, 0.25) is 6.71 Å². The summed E-state index contributed by atoms with van der Waals surface area (Å²) in [6.45, 7) is 10.6. The van der Waals surface area contributed by atoms with E-state index in [2.05, 4.69) is 0 Å². The normalized spacial score (nSPS) is 12.3. The number of aryl methyl sites for hydroxylation is 6. The highest BCUT2D eigenvalue weighted by Gasteiger charge is 2.40. The quantitative estimate of drug-likeness (QED) is 0.0582. The van der Waals surface area contributed by atoms with Gasteiger partial charge in [-0.2, -0.15) is 0 Å². The van der Waals surface area contributed by atoms with E-state index in [1.165, 1.54) is 6.92 Å². The van der Waals surface area contributed by atoms with Crippen molar-refractivity contribution in [1.29, 1.82) is 0 Å². The molecule has 0 heterocycles. The molecule has 0 nitrogen and oxygen atoms in total. The first-order valence-corrected chi connectivity index (χ1v) is 15.9. The summed E-state index contributed by atoms with van der Waals surface area (Å²) in [6, 6.07) is 7.92. The minimum atomic E-state index is -2.53. The van der Waals surface area contributed by atoms with E-state index in [-0.39, 0.29) is 6.16 Å². The van der Waals surface area contributed by atoms with E-state index in [4.69, 9.17) is 0 Å². The highest BCUT2D eigenvalue weighted by Crippen LogP contribution is 2.42. The molecule has 4 aromatic rings. The van der Waals surface area contributed by atoms with Crippen LogP contribution in [0.2, 0.25) is 6.32 Å². The molecular formula is C34H30BF10P. The Morgan fingerprint density at radius 2 is 0.739 bits per heavy atom. The van der Waals surface area contributed by atoms with Crippen LogP contribution in [0.1, 0.15) is 40.3 Å². The van der Waals surface area contributed by atoms with Crippen molar-refractivity contribution in [3.63, 3.8) is 0 Å². The second kappa shape index (κ2) is 13.4. The summed E-state index contributed by atoms with van der Waals surface area (Å²) in [6.07, 6.45) is -0.532. The molecule has 46 heavy (non-hydrogen) atoms. The molecule has 4 aromatic carbocycles. The maximum absolute atomic E-state index is 15.2. The third-order valence-electron chi connectivity index (χ3n) is 8.13. The molecule has 1 atom stereocenters. The van der Waals surface area contributed by atoms with E-state index in [1.54, 1.807) is 0 Å². The standard InChI is InChI=1S/C34H30BF10P/c1-14-8-17(4)33(18(5)9-14)46(34-19(6)10-15(2)11-20(34)7)13-16(3)12-35(21-23(36)27(40)31(44)28(41)24(21)37)22-25(38)29(42)32(45)30(43)26(22)39/h8-11,16H,12-13H2,1-7H3. The largest absolute Gasteiger partial charge is 0.225 e. The summed E-state index contributed by atoms with van der Waals surface area (Å²) in [4.78, 5) is 0. The van der Waals surface area contributed by atoms with Gasteiger partial charge < -0.3 is 0 Å². The highest BCUT2D eigenvalue weighted by molar-refractivity contribution is 7.73. The van der Waals surface area contributed by atoms with Gasteiger partial charge in [0.05, 0.1) is 0 Å². The Kier molecular flexibility index (Phi) is 10.4. The van der Waals surface area contributed by atoms with Crippen LogP contribution in [0.4, 0.5) is 43.9 Å². The lowest BCUT2D eigenvalue weighted by molar-refractivity contribution is 0.382. The van der Waals surface area contributed by atoms with Gasteiger partial charge in [-0.3, -0.25) is 0 Å². The summed E-state index contributed by atoms with van der Waals surface area (Å²) in [5, 5.41) is 1.93. The molecule has 0 fully saturated rings. The number of halogens is 10. The molecule has 0 spiro atoms. The van der Waals surface area contributed by atoms with Crippen molar-refractivity contribution in [2.75, 3.05) is 6.16 Å². The molecule has 0 amide bonds. The Morgan fingerprint density at radius 3 is 1.02 bits per heavy atom. The molecule has 0 bridgehead atoms.